The number of alkyl halides is 3. The van der Waals surface area contributed by atoms with Crippen LogP contribution in [0.5, 0.6) is 0 Å². The third-order valence-electron chi connectivity index (χ3n) is 3.14. The lowest BCUT2D eigenvalue weighted by molar-refractivity contribution is -0.141. The van der Waals surface area contributed by atoms with Crippen LogP contribution in [0.3, 0.4) is 0 Å². The summed E-state index contributed by atoms with van der Waals surface area (Å²) in [6.07, 6.45) is -4.52. The molecule has 1 amide bonds. The summed E-state index contributed by atoms with van der Waals surface area (Å²) in [5.41, 5.74) is -0.827. The van der Waals surface area contributed by atoms with E-state index in [1.165, 1.54) is 11.8 Å². The van der Waals surface area contributed by atoms with Gasteiger partial charge in [-0.2, -0.15) is 13.2 Å². The van der Waals surface area contributed by atoms with Crippen LogP contribution in [0.2, 0.25) is 0 Å². The highest BCUT2D eigenvalue weighted by Gasteiger charge is 2.33. The Bertz CT molecular complexity index is 692. The summed E-state index contributed by atoms with van der Waals surface area (Å²) in [5.74, 6) is 0.918. The van der Waals surface area contributed by atoms with E-state index < -0.39 is 17.8 Å². The van der Waals surface area contributed by atoms with E-state index in [1.807, 2.05) is 0 Å². The number of rotatable bonds is 3. The van der Waals surface area contributed by atoms with Gasteiger partial charge in [0.1, 0.15) is 17.2 Å². The molecule has 0 saturated heterocycles. The number of aryl methyl sites for hydroxylation is 2. The molecule has 7 heteroatoms. The number of aromatic nitrogens is 1. The molecular weight excluding hydrogens is 297 g/mol. The van der Waals surface area contributed by atoms with Gasteiger partial charge in [0.2, 0.25) is 0 Å². The predicted octanol–water partition coefficient (Wildman–Crippen LogP) is 3.58. The van der Waals surface area contributed by atoms with Gasteiger partial charge in [0.05, 0.1) is 17.8 Å². The smallest absolute Gasteiger partial charge is 0.433 e. The van der Waals surface area contributed by atoms with Gasteiger partial charge in [-0.05, 0) is 38.1 Å². The lowest BCUT2D eigenvalue weighted by Gasteiger charge is -2.17. The molecular formula is C15H15F3N2O2. The van der Waals surface area contributed by atoms with E-state index in [-0.39, 0.29) is 17.8 Å². The summed E-state index contributed by atoms with van der Waals surface area (Å²) >= 11 is 0. The second kappa shape index (κ2) is 5.82. The monoisotopic (exact) mass is 312 g/mol. The molecule has 2 aromatic heterocycles. The number of halogens is 3. The van der Waals surface area contributed by atoms with Gasteiger partial charge in [-0.15, -0.1) is 0 Å². The fourth-order valence-corrected chi connectivity index (χ4v) is 2.03. The van der Waals surface area contributed by atoms with Crippen LogP contribution in [0.15, 0.2) is 28.7 Å². The third-order valence-corrected chi connectivity index (χ3v) is 3.14. The first-order valence-corrected chi connectivity index (χ1v) is 6.54. The van der Waals surface area contributed by atoms with E-state index in [0.29, 0.717) is 5.76 Å². The van der Waals surface area contributed by atoms with Crippen LogP contribution < -0.4 is 0 Å². The first kappa shape index (κ1) is 16.1. The van der Waals surface area contributed by atoms with Crippen LogP contribution in [0.4, 0.5) is 13.2 Å². The lowest BCUT2D eigenvalue weighted by atomic mass is 10.1. The van der Waals surface area contributed by atoms with Gasteiger partial charge in [-0.3, -0.25) is 4.79 Å². The van der Waals surface area contributed by atoms with E-state index in [4.69, 9.17) is 4.42 Å². The maximum absolute atomic E-state index is 12.6. The van der Waals surface area contributed by atoms with Crippen molar-refractivity contribution in [2.45, 2.75) is 26.6 Å². The minimum atomic E-state index is -4.52. The zero-order valence-electron chi connectivity index (χ0n) is 12.4. The summed E-state index contributed by atoms with van der Waals surface area (Å²) in [5, 5.41) is 0. The average Bonchev–Trinajstić information content (AvgIpc) is 2.82. The highest BCUT2D eigenvalue weighted by Crippen LogP contribution is 2.28. The Hall–Kier alpha value is -2.31. The largest absolute Gasteiger partial charge is 0.464 e. The number of amides is 1. The number of carbonyl (C=O) groups excluding carboxylic acids is 1. The maximum atomic E-state index is 12.6. The minimum absolute atomic E-state index is 0.0438. The molecule has 0 aromatic carbocycles. The molecule has 0 radical (unpaired) electrons. The fourth-order valence-electron chi connectivity index (χ4n) is 2.03. The van der Waals surface area contributed by atoms with Crippen LogP contribution in [0, 0.1) is 13.8 Å². The molecule has 0 saturated carbocycles. The van der Waals surface area contributed by atoms with Gasteiger partial charge in [0.15, 0.2) is 0 Å². The Morgan fingerprint density at radius 1 is 1.23 bits per heavy atom. The molecule has 118 valence electrons. The van der Waals surface area contributed by atoms with Crippen LogP contribution in [0.25, 0.3) is 0 Å². The molecule has 2 rings (SSSR count). The average molecular weight is 312 g/mol. The molecule has 22 heavy (non-hydrogen) atoms. The summed E-state index contributed by atoms with van der Waals surface area (Å²) in [4.78, 5) is 17.1. The Morgan fingerprint density at radius 3 is 2.41 bits per heavy atom. The van der Waals surface area contributed by atoms with Crippen LogP contribution in [-0.4, -0.2) is 22.8 Å². The SMILES string of the molecule is Cc1ccc(CN(C)C(=O)c2ccc(C(F)(F)F)nc2C)o1. The molecule has 0 aliphatic heterocycles. The van der Waals surface area contributed by atoms with E-state index in [1.54, 1.807) is 26.1 Å². The molecule has 0 unspecified atom stereocenters. The second-order valence-corrected chi connectivity index (χ2v) is 5.00. The predicted molar refractivity (Wildman–Crippen MR) is 73.2 cm³/mol. The molecule has 0 aliphatic rings. The summed E-state index contributed by atoms with van der Waals surface area (Å²) in [6.45, 7) is 3.40. The lowest BCUT2D eigenvalue weighted by Crippen LogP contribution is -2.27. The van der Waals surface area contributed by atoms with Gasteiger partial charge in [-0.1, -0.05) is 0 Å². The molecule has 4 nitrogen and oxygen atoms in total. The molecule has 2 aromatic rings. The summed E-state index contributed by atoms with van der Waals surface area (Å²) in [7, 11) is 1.55. The van der Waals surface area contributed by atoms with Crippen LogP contribution in [0.1, 0.15) is 33.3 Å². The zero-order chi connectivity index (χ0) is 16.5. The van der Waals surface area contributed by atoms with E-state index in [9.17, 15) is 18.0 Å². The number of nitrogens with zero attached hydrogens (tertiary/aromatic N) is 2. The van der Waals surface area contributed by atoms with Crippen molar-refractivity contribution >= 4 is 5.91 Å². The van der Waals surface area contributed by atoms with Crippen molar-refractivity contribution in [2.24, 2.45) is 0 Å². The third kappa shape index (κ3) is 3.47. The summed E-state index contributed by atoms with van der Waals surface area (Å²) in [6, 6.07) is 5.48. The normalized spacial score (nSPS) is 11.5. The maximum Gasteiger partial charge on any atom is 0.433 e. The highest BCUT2D eigenvalue weighted by molar-refractivity contribution is 5.95. The first-order chi connectivity index (χ1) is 10.2. The van der Waals surface area contributed by atoms with Crippen molar-refractivity contribution in [3.63, 3.8) is 0 Å². The van der Waals surface area contributed by atoms with Gasteiger partial charge in [-0.25, -0.2) is 4.98 Å². The van der Waals surface area contributed by atoms with Crippen molar-refractivity contribution in [3.05, 3.63) is 52.7 Å². The van der Waals surface area contributed by atoms with Crippen molar-refractivity contribution < 1.29 is 22.4 Å². The van der Waals surface area contributed by atoms with E-state index >= 15 is 0 Å². The highest BCUT2D eigenvalue weighted by atomic mass is 19.4. The van der Waals surface area contributed by atoms with E-state index in [0.717, 1.165) is 17.9 Å². The Morgan fingerprint density at radius 2 is 1.91 bits per heavy atom. The molecule has 0 N–H and O–H groups in total. The zero-order valence-corrected chi connectivity index (χ0v) is 12.4. The molecule has 0 atom stereocenters. The number of hydrogen-bond acceptors (Lipinski definition) is 3. The van der Waals surface area contributed by atoms with Crippen molar-refractivity contribution in [3.8, 4) is 0 Å². The number of furan rings is 1. The minimum Gasteiger partial charge on any atom is -0.464 e. The molecule has 0 fully saturated rings. The van der Waals surface area contributed by atoms with Crippen LogP contribution >= 0.6 is 0 Å². The van der Waals surface area contributed by atoms with Crippen molar-refractivity contribution in [1.29, 1.82) is 0 Å². The van der Waals surface area contributed by atoms with E-state index in [2.05, 4.69) is 4.98 Å². The molecule has 0 bridgehead atoms. The Labute approximate surface area is 125 Å². The number of hydrogen-bond donors (Lipinski definition) is 0. The van der Waals surface area contributed by atoms with Gasteiger partial charge < -0.3 is 9.32 Å². The van der Waals surface area contributed by atoms with Gasteiger partial charge >= 0.3 is 6.18 Å². The van der Waals surface area contributed by atoms with Gasteiger partial charge in [0, 0.05) is 7.05 Å². The van der Waals surface area contributed by atoms with Crippen LogP contribution in [-0.2, 0) is 12.7 Å². The second-order valence-electron chi connectivity index (χ2n) is 5.00. The topological polar surface area (TPSA) is 46.3 Å². The molecule has 2 heterocycles. The summed E-state index contributed by atoms with van der Waals surface area (Å²) < 4.78 is 43.1. The standard InChI is InChI=1S/C15H15F3N2O2/c1-9-4-5-11(22-9)8-20(3)14(21)12-6-7-13(15(16,17)18)19-10(12)2/h4-7H,8H2,1-3H3. The molecule has 0 spiro atoms. The number of carbonyl (C=O) groups is 1. The van der Waals surface area contributed by atoms with Crippen molar-refractivity contribution in [1.82, 2.24) is 9.88 Å². The quantitative estimate of drug-likeness (QED) is 0.870. The Kier molecular flexibility index (Phi) is 4.25. The number of pyridine rings is 1. The van der Waals surface area contributed by atoms with Crippen molar-refractivity contribution in [2.75, 3.05) is 7.05 Å². The van der Waals surface area contributed by atoms with Gasteiger partial charge in [0.25, 0.3) is 5.91 Å². The molecule has 0 aliphatic carbocycles. The Balaban J connectivity index is 2.18. The first-order valence-electron chi connectivity index (χ1n) is 6.54. The fraction of sp³-hybridized carbons (Fsp3) is 0.333.